The van der Waals surface area contributed by atoms with Crippen molar-refractivity contribution in [2.24, 2.45) is 0 Å². The molecule has 2 unspecified atom stereocenters. The number of hydrogen-bond acceptors (Lipinski definition) is 7. The van der Waals surface area contributed by atoms with E-state index in [0.29, 0.717) is 24.5 Å². The molecule has 0 saturated heterocycles. The van der Waals surface area contributed by atoms with Gasteiger partial charge in [-0.15, -0.1) is 0 Å². The molecule has 3 aromatic carbocycles. The van der Waals surface area contributed by atoms with Crippen LogP contribution in [0.25, 0.3) is 0 Å². The van der Waals surface area contributed by atoms with Crippen LogP contribution in [0.4, 0.5) is 0 Å². The van der Waals surface area contributed by atoms with Crippen LogP contribution in [0.2, 0.25) is 0 Å². The van der Waals surface area contributed by atoms with Crippen LogP contribution in [-0.2, 0) is 43.5 Å². The first-order valence-electron chi connectivity index (χ1n) is 12.3. The average Bonchev–Trinajstić information content (AvgIpc) is 3.29. The highest BCUT2D eigenvalue weighted by Crippen LogP contribution is 2.18. The normalized spacial score (nSPS) is 15.1. The van der Waals surface area contributed by atoms with Crippen molar-refractivity contribution < 1.29 is 28.6 Å². The van der Waals surface area contributed by atoms with Gasteiger partial charge in [0.15, 0.2) is 0 Å². The van der Waals surface area contributed by atoms with Gasteiger partial charge in [0.05, 0.1) is 19.6 Å². The van der Waals surface area contributed by atoms with Gasteiger partial charge >= 0.3 is 11.9 Å². The first kappa shape index (κ1) is 26.5. The smallest absolute Gasteiger partial charge is 0.328 e. The Balaban J connectivity index is 1.34. The van der Waals surface area contributed by atoms with Crippen LogP contribution in [-0.4, -0.2) is 37.0 Å². The lowest BCUT2D eigenvalue weighted by Gasteiger charge is -2.22. The predicted molar refractivity (Wildman–Crippen MR) is 141 cm³/mol. The van der Waals surface area contributed by atoms with Crippen molar-refractivity contribution in [1.29, 1.82) is 0 Å². The molecule has 1 aliphatic heterocycles. The molecule has 0 bridgehead atoms. The van der Waals surface area contributed by atoms with Crippen molar-refractivity contribution in [2.75, 3.05) is 7.11 Å². The number of nitrogens with one attached hydrogen (secondary N) is 2. The fourth-order valence-corrected chi connectivity index (χ4v) is 4.03. The molecule has 1 heterocycles. The van der Waals surface area contributed by atoms with Crippen LogP contribution < -0.4 is 15.4 Å². The number of amides is 1. The second-order valence-corrected chi connectivity index (χ2v) is 8.85. The lowest BCUT2D eigenvalue weighted by molar-refractivity contribution is -0.145. The van der Waals surface area contributed by atoms with Gasteiger partial charge in [0, 0.05) is 18.2 Å². The number of ether oxygens (including phenoxy) is 3. The van der Waals surface area contributed by atoms with E-state index in [-0.39, 0.29) is 18.9 Å². The second-order valence-electron chi connectivity index (χ2n) is 8.85. The van der Waals surface area contributed by atoms with E-state index in [1.807, 2.05) is 84.9 Å². The molecule has 0 spiro atoms. The summed E-state index contributed by atoms with van der Waals surface area (Å²) >= 11 is 0. The summed E-state index contributed by atoms with van der Waals surface area (Å²) in [7, 11) is 1.31. The maximum atomic E-state index is 12.6. The molecule has 38 heavy (non-hydrogen) atoms. The van der Waals surface area contributed by atoms with Crippen molar-refractivity contribution in [2.45, 2.75) is 38.1 Å². The Labute approximate surface area is 221 Å². The third-order valence-electron chi connectivity index (χ3n) is 6.03. The fraction of sp³-hybridized carbons (Fsp3) is 0.233. The SMILES string of the molecule is COC(=O)C(Cc1ccc(OCc2ccccc2)cc1)NC1=CC(=O)NC1CC(=O)OCc1ccccc1. The third-order valence-corrected chi connectivity index (χ3v) is 6.03. The van der Waals surface area contributed by atoms with Crippen molar-refractivity contribution in [3.05, 3.63) is 113 Å². The Morgan fingerprint density at radius 2 is 1.50 bits per heavy atom. The molecule has 0 radical (unpaired) electrons. The van der Waals surface area contributed by atoms with Gasteiger partial charge < -0.3 is 24.8 Å². The molecule has 8 heteroatoms. The van der Waals surface area contributed by atoms with Gasteiger partial charge in [-0.25, -0.2) is 4.79 Å². The van der Waals surface area contributed by atoms with Crippen LogP contribution in [0, 0.1) is 0 Å². The Kier molecular flexibility index (Phi) is 9.12. The van der Waals surface area contributed by atoms with Gasteiger partial charge in [0.25, 0.3) is 0 Å². The molecule has 4 rings (SSSR count). The summed E-state index contributed by atoms with van der Waals surface area (Å²) in [6, 6.07) is 25.2. The van der Waals surface area contributed by atoms with Gasteiger partial charge in [0.2, 0.25) is 5.91 Å². The van der Waals surface area contributed by atoms with E-state index in [1.165, 1.54) is 13.2 Å². The maximum absolute atomic E-state index is 12.6. The third kappa shape index (κ3) is 7.70. The molecule has 2 N–H and O–H groups in total. The molecule has 8 nitrogen and oxygen atoms in total. The number of carbonyl (C=O) groups is 3. The van der Waals surface area contributed by atoms with E-state index < -0.39 is 24.0 Å². The van der Waals surface area contributed by atoms with E-state index in [0.717, 1.165) is 16.7 Å². The number of rotatable bonds is 12. The maximum Gasteiger partial charge on any atom is 0.328 e. The Morgan fingerprint density at radius 3 is 2.13 bits per heavy atom. The first-order chi connectivity index (χ1) is 18.5. The highest BCUT2D eigenvalue weighted by molar-refractivity contribution is 5.92. The quantitative estimate of drug-likeness (QED) is 0.357. The standard InChI is InChI=1S/C30H30N2O6/c1-36-30(35)27(16-21-12-14-24(15-13-21)37-19-22-8-4-2-5-9-22)31-25-17-28(33)32-26(25)18-29(34)38-20-23-10-6-3-7-11-23/h2-15,17,26-27,31H,16,18-20H2,1H3,(H,32,33). The second kappa shape index (κ2) is 13.1. The highest BCUT2D eigenvalue weighted by atomic mass is 16.5. The number of esters is 2. The average molecular weight is 515 g/mol. The van der Waals surface area contributed by atoms with E-state index >= 15 is 0 Å². The number of carbonyl (C=O) groups excluding carboxylic acids is 3. The molecule has 0 aliphatic carbocycles. The predicted octanol–water partition coefficient (Wildman–Crippen LogP) is 3.46. The molecule has 196 valence electrons. The van der Waals surface area contributed by atoms with Crippen molar-refractivity contribution in [3.8, 4) is 5.75 Å². The van der Waals surface area contributed by atoms with Gasteiger partial charge in [-0.2, -0.15) is 0 Å². The number of methoxy groups -OCH3 is 1. The molecule has 2 atom stereocenters. The van der Waals surface area contributed by atoms with E-state index in [1.54, 1.807) is 0 Å². The zero-order valence-corrected chi connectivity index (χ0v) is 21.1. The minimum Gasteiger partial charge on any atom is -0.489 e. The monoisotopic (exact) mass is 514 g/mol. The molecule has 1 amide bonds. The van der Waals surface area contributed by atoms with E-state index in [9.17, 15) is 14.4 Å². The summed E-state index contributed by atoms with van der Waals surface area (Å²) < 4.78 is 16.2. The van der Waals surface area contributed by atoms with E-state index in [4.69, 9.17) is 14.2 Å². The summed E-state index contributed by atoms with van der Waals surface area (Å²) in [6.07, 6.45) is 1.59. The summed E-state index contributed by atoms with van der Waals surface area (Å²) in [5.41, 5.74) is 3.24. The summed E-state index contributed by atoms with van der Waals surface area (Å²) in [5.74, 6) is -0.589. The van der Waals surface area contributed by atoms with Crippen LogP contribution in [0.15, 0.2) is 96.7 Å². The summed E-state index contributed by atoms with van der Waals surface area (Å²) in [6.45, 7) is 0.597. The molecule has 1 aliphatic rings. The number of hydrogen-bond donors (Lipinski definition) is 2. The topological polar surface area (TPSA) is 103 Å². The summed E-state index contributed by atoms with van der Waals surface area (Å²) in [5, 5.41) is 5.83. The van der Waals surface area contributed by atoms with Crippen LogP contribution in [0.1, 0.15) is 23.1 Å². The Morgan fingerprint density at radius 1 is 0.868 bits per heavy atom. The number of benzene rings is 3. The van der Waals surface area contributed by atoms with Gasteiger partial charge in [-0.1, -0.05) is 72.8 Å². The molecule has 0 fully saturated rings. The van der Waals surface area contributed by atoms with Crippen molar-refractivity contribution >= 4 is 17.8 Å². The Hall–Kier alpha value is -4.59. The zero-order valence-electron chi connectivity index (χ0n) is 21.1. The fourth-order valence-electron chi connectivity index (χ4n) is 4.03. The first-order valence-corrected chi connectivity index (χ1v) is 12.3. The van der Waals surface area contributed by atoms with Crippen molar-refractivity contribution in [3.63, 3.8) is 0 Å². The van der Waals surface area contributed by atoms with Crippen molar-refractivity contribution in [1.82, 2.24) is 10.6 Å². The minimum atomic E-state index is -0.766. The van der Waals surface area contributed by atoms with E-state index in [2.05, 4.69) is 10.6 Å². The zero-order chi connectivity index (χ0) is 26.7. The molecule has 3 aromatic rings. The van der Waals surface area contributed by atoms with Gasteiger partial charge in [0.1, 0.15) is 25.0 Å². The Bertz CT molecular complexity index is 1260. The van der Waals surface area contributed by atoms with Crippen LogP contribution in [0.3, 0.4) is 0 Å². The molecule has 0 saturated carbocycles. The van der Waals surface area contributed by atoms with Gasteiger partial charge in [-0.3, -0.25) is 9.59 Å². The lowest BCUT2D eigenvalue weighted by Crippen LogP contribution is -2.43. The minimum absolute atomic E-state index is 0.0707. The molecule has 0 aromatic heterocycles. The lowest BCUT2D eigenvalue weighted by atomic mass is 10.0. The molecular formula is C30H30N2O6. The highest BCUT2D eigenvalue weighted by Gasteiger charge is 2.30. The van der Waals surface area contributed by atoms with Crippen LogP contribution >= 0.6 is 0 Å². The largest absolute Gasteiger partial charge is 0.489 e. The van der Waals surface area contributed by atoms with Gasteiger partial charge in [-0.05, 0) is 28.8 Å². The summed E-state index contributed by atoms with van der Waals surface area (Å²) in [4.78, 5) is 37.1. The van der Waals surface area contributed by atoms with Crippen LogP contribution in [0.5, 0.6) is 5.75 Å². The molecular weight excluding hydrogens is 484 g/mol.